The van der Waals surface area contributed by atoms with Crippen LogP contribution < -0.4 is 16.0 Å². The number of nitrogens with one attached hydrogen (secondary N) is 3. The van der Waals surface area contributed by atoms with Crippen LogP contribution in [-0.4, -0.2) is 46.4 Å². The Labute approximate surface area is 160 Å². The molecular formula is C18H32N6O3. The van der Waals surface area contributed by atoms with Crippen molar-refractivity contribution >= 4 is 12.1 Å². The number of amides is 1. The molecule has 0 spiro atoms. The highest BCUT2D eigenvalue weighted by Gasteiger charge is 2.25. The topological polar surface area (TPSA) is 114 Å². The van der Waals surface area contributed by atoms with E-state index in [2.05, 4.69) is 31.1 Å². The van der Waals surface area contributed by atoms with Crippen LogP contribution in [0.3, 0.4) is 0 Å². The van der Waals surface area contributed by atoms with E-state index in [1.807, 2.05) is 27.7 Å². The first-order valence-corrected chi connectivity index (χ1v) is 9.58. The molecule has 0 aromatic carbocycles. The summed E-state index contributed by atoms with van der Waals surface area (Å²) >= 11 is 0. The van der Waals surface area contributed by atoms with Gasteiger partial charge in [-0.15, -0.1) is 0 Å². The average Bonchev–Trinajstić information content (AvgIpc) is 2.98. The van der Waals surface area contributed by atoms with Crippen LogP contribution in [-0.2, 0) is 11.3 Å². The smallest absolute Gasteiger partial charge is 0.407 e. The first-order valence-electron chi connectivity index (χ1n) is 9.58. The van der Waals surface area contributed by atoms with Crippen LogP contribution in [0.1, 0.15) is 65.1 Å². The number of aromatic nitrogens is 2. The highest BCUT2D eigenvalue weighted by molar-refractivity contribution is 5.80. The van der Waals surface area contributed by atoms with Crippen LogP contribution in [0.25, 0.3) is 0 Å². The summed E-state index contributed by atoms with van der Waals surface area (Å²) < 4.78 is 10.3. The van der Waals surface area contributed by atoms with Gasteiger partial charge in [0.15, 0.2) is 11.8 Å². The molecule has 152 valence electrons. The van der Waals surface area contributed by atoms with Crippen LogP contribution in [0.2, 0.25) is 0 Å². The Balaban J connectivity index is 1.78. The maximum atomic E-state index is 11.9. The summed E-state index contributed by atoms with van der Waals surface area (Å²) in [5.74, 6) is 1.84. The SMILES string of the molecule is CCNC(=NCc1noc(C)n1)NC1CCC(NC(=O)OC(C)(C)C)CC1. The van der Waals surface area contributed by atoms with Gasteiger partial charge in [-0.3, -0.25) is 0 Å². The number of hydrogen-bond donors (Lipinski definition) is 3. The lowest BCUT2D eigenvalue weighted by molar-refractivity contribution is 0.0490. The third-order valence-electron chi connectivity index (χ3n) is 4.08. The minimum atomic E-state index is -0.475. The highest BCUT2D eigenvalue weighted by Crippen LogP contribution is 2.19. The van der Waals surface area contributed by atoms with Gasteiger partial charge < -0.3 is 25.2 Å². The lowest BCUT2D eigenvalue weighted by Gasteiger charge is -2.31. The number of ether oxygens (including phenoxy) is 1. The van der Waals surface area contributed by atoms with E-state index >= 15 is 0 Å². The number of aryl methyl sites for hydroxylation is 1. The van der Waals surface area contributed by atoms with Crippen molar-refractivity contribution in [1.29, 1.82) is 0 Å². The fraction of sp³-hybridized carbons (Fsp3) is 0.778. The van der Waals surface area contributed by atoms with Crippen LogP contribution in [0.15, 0.2) is 9.52 Å². The minimum absolute atomic E-state index is 0.153. The Morgan fingerprint density at radius 1 is 1.22 bits per heavy atom. The third kappa shape index (κ3) is 7.84. The Bertz CT molecular complexity index is 629. The summed E-state index contributed by atoms with van der Waals surface area (Å²) in [6, 6.07) is 0.464. The quantitative estimate of drug-likeness (QED) is 0.530. The first kappa shape index (κ1) is 21.0. The maximum absolute atomic E-state index is 11.9. The van der Waals surface area contributed by atoms with Crippen molar-refractivity contribution in [2.45, 2.75) is 84.5 Å². The van der Waals surface area contributed by atoms with Gasteiger partial charge >= 0.3 is 6.09 Å². The maximum Gasteiger partial charge on any atom is 0.407 e. The van der Waals surface area contributed by atoms with E-state index in [0.29, 0.717) is 24.3 Å². The summed E-state index contributed by atoms with van der Waals surface area (Å²) in [7, 11) is 0. The molecule has 0 radical (unpaired) electrons. The molecule has 0 bridgehead atoms. The van der Waals surface area contributed by atoms with Gasteiger partial charge in [-0.05, 0) is 53.4 Å². The molecule has 1 aromatic heterocycles. The molecule has 2 rings (SSSR count). The molecule has 0 saturated heterocycles. The molecular weight excluding hydrogens is 348 g/mol. The second-order valence-corrected chi connectivity index (χ2v) is 7.76. The molecule has 1 amide bonds. The minimum Gasteiger partial charge on any atom is -0.444 e. The van der Waals surface area contributed by atoms with Gasteiger partial charge in [-0.25, -0.2) is 9.79 Å². The molecule has 9 heteroatoms. The molecule has 27 heavy (non-hydrogen) atoms. The zero-order valence-electron chi connectivity index (χ0n) is 17.0. The fourth-order valence-corrected chi connectivity index (χ4v) is 2.92. The molecule has 1 aromatic rings. The molecule has 1 aliphatic rings. The van der Waals surface area contributed by atoms with E-state index in [1.165, 1.54) is 0 Å². The molecule has 1 saturated carbocycles. The summed E-state index contributed by atoms with van der Waals surface area (Å²) in [4.78, 5) is 20.6. The second kappa shape index (κ2) is 9.57. The van der Waals surface area contributed by atoms with Gasteiger partial charge in [0.1, 0.15) is 12.1 Å². The lowest BCUT2D eigenvalue weighted by Crippen LogP contribution is -2.48. The highest BCUT2D eigenvalue weighted by atomic mass is 16.6. The molecule has 0 aliphatic heterocycles. The zero-order chi connectivity index (χ0) is 19.9. The Kier molecular flexibility index (Phi) is 7.44. The van der Waals surface area contributed by atoms with E-state index in [4.69, 9.17) is 9.26 Å². The summed E-state index contributed by atoms with van der Waals surface area (Å²) in [6.07, 6.45) is 3.36. The van der Waals surface area contributed by atoms with Crippen molar-refractivity contribution in [3.8, 4) is 0 Å². The Hall–Kier alpha value is -2.32. The van der Waals surface area contributed by atoms with Gasteiger partial charge in [0.05, 0.1) is 0 Å². The van der Waals surface area contributed by atoms with Crippen LogP contribution in [0.5, 0.6) is 0 Å². The van der Waals surface area contributed by atoms with Gasteiger partial charge in [0.2, 0.25) is 5.89 Å². The van der Waals surface area contributed by atoms with E-state index in [0.717, 1.165) is 38.2 Å². The van der Waals surface area contributed by atoms with Crippen molar-refractivity contribution < 1.29 is 14.1 Å². The molecule has 0 atom stereocenters. The predicted molar refractivity (Wildman–Crippen MR) is 102 cm³/mol. The number of carbonyl (C=O) groups is 1. The molecule has 1 heterocycles. The van der Waals surface area contributed by atoms with Gasteiger partial charge in [-0.1, -0.05) is 5.16 Å². The summed E-state index contributed by atoms with van der Waals surface area (Å²) in [5, 5.41) is 13.5. The van der Waals surface area contributed by atoms with Crippen molar-refractivity contribution in [2.75, 3.05) is 6.54 Å². The van der Waals surface area contributed by atoms with E-state index in [-0.39, 0.29) is 12.1 Å². The normalized spacial score (nSPS) is 20.9. The average molecular weight is 380 g/mol. The van der Waals surface area contributed by atoms with Gasteiger partial charge in [0, 0.05) is 25.6 Å². The van der Waals surface area contributed by atoms with E-state index < -0.39 is 5.60 Å². The first-order chi connectivity index (χ1) is 12.7. The number of aliphatic imine (C=N–C) groups is 1. The monoisotopic (exact) mass is 380 g/mol. The Morgan fingerprint density at radius 3 is 2.37 bits per heavy atom. The van der Waals surface area contributed by atoms with E-state index in [9.17, 15) is 4.79 Å². The van der Waals surface area contributed by atoms with Crippen molar-refractivity contribution in [2.24, 2.45) is 4.99 Å². The standard InChI is InChI=1S/C18H32N6O3/c1-6-19-16(20-11-15-21-12(2)27-24-15)22-13-7-9-14(10-8-13)23-17(25)26-18(3,4)5/h13-14H,6-11H2,1-5H3,(H,23,25)(H2,19,20,22). The van der Waals surface area contributed by atoms with Gasteiger partial charge in [0.25, 0.3) is 0 Å². The van der Waals surface area contributed by atoms with E-state index in [1.54, 1.807) is 6.92 Å². The lowest BCUT2D eigenvalue weighted by atomic mass is 9.91. The third-order valence-corrected chi connectivity index (χ3v) is 4.08. The predicted octanol–water partition coefficient (Wildman–Crippen LogP) is 2.27. The van der Waals surface area contributed by atoms with Crippen LogP contribution >= 0.6 is 0 Å². The number of hydrogen-bond acceptors (Lipinski definition) is 6. The zero-order valence-corrected chi connectivity index (χ0v) is 17.0. The fourth-order valence-electron chi connectivity index (χ4n) is 2.92. The Morgan fingerprint density at radius 2 is 1.85 bits per heavy atom. The number of alkyl carbamates (subject to hydrolysis) is 1. The largest absolute Gasteiger partial charge is 0.444 e. The van der Waals surface area contributed by atoms with Crippen LogP contribution in [0.4, 0.5) is 4.79 Å². The second-order valence-electron chi connectivity index (χ2n) is 7.76. The summed E-state index contributed by atoms with van der Waals surface area (Å²) in [6.45, 7) is 10.5. The molecule has 9 nitrogen and oxygen atoms in total. The number of carbonyl (C=O) groups excluding carboxylic acids is 1. The summed E-state index contributed by atoms with van der Waals surface area (Å²) in [5.41, 5.74) is -0.475. The number of rotatable bonds is 5. The molecule has 0 unspecified atom stereocenters. The van der Waals surface area contributed by atoms with Crippen molar-refractivity contribution in [3.63, 3.8) is 0 Å². The van der Waals surface area contributed by atoms with Crippen molar-refractivity contribution in [1.82, 2.24) is 26.1 Å². The molecule has 3 N–H and O–H groups in total. The molecule has 1 aliphatic carbocycles. The van der Waals surface area contributed by atoms with Crippen molar-refractivity contribution in [3.05, 3.63) is 11.7 Å². The number of guanidine groups is 1. The van der Waals surface area contributed by atoms with Crippen LogP contribution in [0, 0.1) is 6.92 Å². The number of nitrogens with zero attached hydrogens (tertiary/aromatic N) is 3. The molecule has 1 fully saturated rings. The van der Waals surface area contributed by atoms with Gasteiger partial charge in [-0.2, -0.15) is 4.98 Å².